The van der Waals surface area contributed by atoms with Crippen LogP contribution in [0.4, 0.5) is 13.2 Å². The van der Waals surface area contributed by atoms with E-state index < -0.39 is 29.1 Å². The maximum atomic E-state index is 12.5. The Kier molecular flexibility index (Phi) is 5.48. The molecule has 0 radical (unpaired) electrons. The van der Waals surface area contributed by atoms with Crippen LogP contribution >= 0.6 is 11.3 Å². The predicted molar refractivity (Wildman–Crippen MR) is 63.1 cm³/mol. The Hall–Kier alpha value is -1.22. The highest BCUT2D eigenvalue weighted by Crippen LogP contribution is 2.19. The quantitative estimate of drug-likeness (QED) is 0.363. The summed E-state index contributed by atoms with van der Waals surface area (Å²) in [5, 5.41) is 10.7. The third-order valence-electron chi connectivity index (χ3n) is 1.72. The molecule has 0 saturated carbocycles. The maximum absolute atomic E-state index is 12.5. The molecule has 1 atom stereocenters. The van der Waals surface area contributed by atoms with Gasteiger partial charge in [-0.25, -0.2) is 14.1 Å². The Morgan fingerprint density at radius 2 is 2.28 bits per heavy atom. The minimum Gasteiger partial charge on any atom is -0.624 e. The van der Waals surface area contributed by atoms with Gasteiger partial charge in [0.1, 0.15) is 11.9 Å². The van der Waals surface area contributed by atoms with E-state index >= 15 is 0 Å². The molecule has 0 amide bonds. The fourth-order valence-electron chi connectivity index (χ4n) is 0.978. The van der Waals surface area contributed by atoms with E-state index in [1.54, 1.807) is 0 Å². The van der Waals surface area contributed by atoms with Crippen molar-refractivity contribution in [2.75, 3.05) is 12.8 Å². The third-order valence-corrected chi connectivity index (χ3v) is 4.32. The molecule has 0 aliphatic rings. The second-order valence-corrected chi connectivity index (χ2v) is 5.98. The Morgan fingerprint density at radius 3 is 2.83 bits per heavy atom. The van der Waals surface area contributed by atoms with Crippen LogP contribution in [0.25, 0.3) is 0 Å². The Labute approximate surface area is 108 Å². The van der Waals surface area contributed by atoms with Crippen molar-refractivity contribution >= 4 is 28.4 Å². The molecule has 9 heteroatoms. The normalized spacial score (nSPS) is 13.4. The van der Waals surface area contributed by atoms with Crippen LogP contribution < -0.4 is 0 Å². The summed E-state index contributed by atoms with van der Waals surface area (Å²) < 4.78 is 48.4. The summed E-state index contributed by atoms with van der Waals surface area (Å²) >= 11 is 0.995. The van der Waals surface area contributed by atoms with Crippen LogP contribution in [0.1, 0.15) is 11.3 Å². The summed E-state index contributed by atoms with van der Waals surface area (Å²) in [6.45, 7) is 0. The number of hydrogen-bond donors (Lipinski definition) is 0. The average molecular weight is 298 g/mol. The number of nitrogens with zero attached hydrogens (tertiary/aromatic N) is 2. The second-order valence-electron chi connectivity index (χ2n) is 3.17. The number of allylic oxidation sites excluding steroid dienone is 1. The molecular weight excluding hydrogens is 289 g/mol. The highest BCUT2D eigenvalue weighted by Gasteiger charge is 2.13. The lowest BCUT2D eigenvalue weighted by Crippen LogP contribution is -1.98. The summed E-state index contributed by atoms with van der Waals surface area (Å²) in [5.41, 5.74) is 0. The molecule has 18 heavy (non-hydrogen) atoms. The van der Waals surface area contributed by atoms with Crippen LogP contribution in [0.5, 0.6) is 0 Å². The molecule has 1 heterocycles. The van der Waals surface area contributed by atoms with Crippen molar-refractivity contribution in [1.82, 2.24) is 4.98 Å². The summed E-state index contributed by atoms with van der Waals surface area (Å²) in [6, 6.07) is 0. The number of hydroxylamine groups is 1. The molecule has 1 aromatic heterocycles. The van der Waals surface area contributed by atoms with Gasteiger partial charge in [-0.15, -0.1) is 0 Å². The van der Waals surface area contributed by atoms with Crippen molar-refractivity contribution in [2.24, 2.45) is 0 Å². The van der Waals surface area contributed by atoms with Gasteiger partial charge in [-0.3, -0.25) is 4.21 Å². The van der Waals surface area contributed by atoms with Gasteiger partial charge in [0.05, 0.1) is 17.0 Å². The Morgan fingerprint density at radius 1 is 1.61 bits per heavy atom. The van der Waals surface area contributed by atoms with Crippen molar-refractivity contribution in [3.8, 4) is 0 Å². The molecular formula is C9H9F3N2O2S2. The number of hydrogen-bond acceptors (Lipinski definition) is 4. The molecule has 100 valence electrons. The van der Waals surface area contributed by atoms with Crippen LogP contribution in [0.3, 0.4) is 0 Å². The zero-order chi connectivity index (χ0) is 13.7. The molecule has 0 saturated heterocycles. The van der Waals surface area contributed by atoms with Gasteiger partial charge in [0.25, 0.3) is 0 Å². The van der Waals surface area contributed by atoms with E-state index in [1.165, 1.54) is 19.5 Å². The lowest BCUT2D eigenvalue weighted by Gasteiger charge is -1.96. The molecule has 1 aromatic rings. The molecule has 0 bridgehead atoms. The van der Waals surface area contributed by atoms with E-state index in [9.17, 15) is 22.6 Å². The number of thiazole rings is 1. The average Bonchev–Trinajstić information content (AvgIpc) is 2.72. The second kappa shape index (κ2) is 6.64. The minimum atomic E-state index is -2.40. The van der Waals surface area contributed by atoms with Crippen LogP contribution in [0, 0.1) is 5.21 Å². The molecule has 1 unspecified atom stereocenters. The number of halogens is 3. The van der Waals surface area contributed by atoms with Crippen molar-refractivity contribution in [2.45, 2.75) is 10.8 Å². The largest absolute Gasteiger partial charge is 0.624 e. The lowest BCUT2D eigenvalue weighted by molar-refractivity contribution is -0.416. The van der Waals surface area contributed by atoms with E-state index in [2.05, 4.69) is 4.98 Å². The third kappa shape index (κ3) is 4.57. The SMILES string of the molecule is C/[N+]([O-])=C/c1cnc(S(=O)CCC(F)=C(F)F)s1. The van der Waals surface area contributed by atoms with E-state index in [4.69, 9.17) is 0 Å². The summed E-state index contributed by atoms with van der Waals surface area (Å²) in [6.07, 6.45) is -0.420. The van der Waals surface area contributed by atoms with E-state index in [0.717, 1.165) is 11.3 Å². The standard InChI is InChI=1S/C9H9F3N2O2S2/c1-14(15)5-6-4-13-9(17-6)18(16)3-2-7(10)8(11)12/h4-5H,2-3H2,1H3/b14-5-. The molecule has 0 spiro atoms. The van der Waals surface area contributed by atoms with Crippen LogP contribution in [0.2, 0.25) is 0 Å². The summed E-state index contributed by atoms with van der Waals surface area (Å²) in [4.78, 5) is 4.28. The number of rotatable bonds is 5. The zero-order valence-corrected chi connectivity index (χ0v) is 10.9. The monoisotopic (exact) mass is 298 g/mol. The molecule has 1 rings (SSSR count). The van der Waals surface area contributed by atoms with Crippen molar-refractivity contribution in [3.05, 3.63) is 28.2 Å². The van der Waals surface area contributed by atoms with Crippen LogP contribution in [-0.4, -0.2) is 32.9 Å². The highest BCUT2D eigenvalue weighted by atomic mass is 32.2. The van der Waals surface area contributed by atoms with E-state index in [1.807, 2.05) is 0 Å². The Bertz CT molecular complexity index is 506. The van der Waals surface area contributed by atoms with Gasteiger partial charge in [0.15, 0.2) is 16.4 Å². The van der Waals surface area contributed by atoms with Crippen molar-refractivity contribution in [3.63, 3.8) is 0 Å². The number of aromatic nitrogens is 1. The lowest BCUT2D eigenvalue weighted by atomic mass is 10.4. The first kappa shape index (κ1) is 14.8. The smallest absolute Gasteiger partial charge is 0.301 e. The maximum Gasteiger partial charge on any atom is 0.301 e. The van der Waals surface area contributed by atoms with Gasteiger partial charge >= 0.3 is 6.08 Å². The molecule has 0 aromatic carbocycles. The van der Waals surface area contributed by atoms with Gasteiger partial charge in [0, 0.05) is 12.2 Å². The molecule has 4 nitrogen and oxygen atoms in total. The highest BCUT2D eigenvalue weighted by molar-refractivity contribution is 7.87. The predicted octanol–water partition coefficient (Wildman–Crippen LogP) is 2.28. The molecule has 0 aliphatic carbocycles. The summed E-state index contributed by atoms with van der Waals surface area (Å²) in [7, 11) is -0.377. The fourth-order valence-corrected chi connectivity index (χ4v) is 3.21. The van der Waals surface area contributed by atoms with Gasteiger partial charge in [-0.05, 0) is 0 Å². The van der Waals surface area contributed by atoms with Crippen molar-refractivity contribution < 1.29 is 22.1 Å². The van der Waals surface area contributed by atoms with E-state index in [0.29, 0.717) is 9.62 Å². The summed E-state index contributed by atoms with van der Waals surface area (Å²) in [5.74, 6) is -1.84. The fraction of sp³-hybridized carbons (Fsp3) is 0.333. The van der Waals surface area contributed by atoms with Gasteiger partial charge in [0.2, 0.25) is 0 Å². The topological polar surface area (TPSA) is 56.0 Å². The van der Waals surface area contributed by atoms with Crippen molar-refractivity contribution in [1.29, 1.82) is 0 Å². The van der Waals surface area contributed by atoms with Crippen LogP contribution in [0.15, 0.2) is 22.4 Å². The van der Waals surface area contributed by atoms with Gasteiger partial charge < -0.3 is 5.21 Å². The Balaban J connectivity index is 2.66. The first-order valence-electron chi connectivity index (χ1n) is 4.69. The van der Waals surface area contributed by atoms with Crippen LogP contribution in [-0.2, 0) is 10.8 Å². The van der Waals surface area contributed by atoms with Gasteiger partial charge in [-0.2, -0.15) is 8.78 Å². The molecule has 0 fully saturated rings. The first-order valence-corrected chi connectivity index (χ1v) is 6.82. The first-order chi connectivity index (χ1) is 8.40. The minimum absolute atomic E-state index is 0.176. The zero-order valence-electron chi connectivity index (χ0n) is 9.23. The van der Waals surface area contributed by atoms with E-state index in [-0.39, 0.29) is 10.1 Å². The van der Waals surface area contributed by atoms with Gasteiger partial charge in [-0.1, -0.05) is 11.3 Å². The molecule has 0 aliphatic heterocycles. The molecule has 0 N–H and O–H groups in total.